The maximum absolute atomic E-state index is 12.1. The Bertz CT molecular complexity index is 707. The van der Waals surface area contributed by atoms with Crippen LogP contribution < -0.4 is 5.73 Å². The first-order valence-corrected chi connectivity index (χ1v) is 5.28. The topological polar surface area (TPSA) is 122 Å². The third-order valence-corrected chi connectivity index (χ3v) is 2.78. The number of aromatic amines is 1. The third-order valence-electron chi connectivity index (χ3n) is 2.78. The normalized spacial score (nSPS) is 13.8. The van der Waals surface area contributed by atoms with Crippen LogP contribution in [0.2, 0.25) is 0 Å². The molecule has 3 amide bonds. The van der Waals surface area contributed by atoms with Gasteiger partial charge in [-0.25, -0.2) is 4.90 Å². The van der Waals surface area contributed by atoms with Gasteiger partial charge in [-0.1, -0.05) is 6.07 Å². The van der Waals surface area contributed by atoms with Crippen molar-refractivity contribution in [1.29, 1.82) is 0 Å². The van der Waals surface area contributed by atoms with Gasteiger partial charge < -0.3 is 5.73 Å². The molecule has 3 rings (SSSR count). The van der Waals surface area contributed by atoms with Crippen LogP contribution in [0.3, 0.4) is 0 Å². The zero-order chi connectivity index (χ0) is 13.6. The Labute approximate surface area is 106 Å². The second kappa shape index (κ2) is 3.73. The number of amides is 3. The fourth-order valence-corrected chi connectivity index (χ4v) is 1.92. The van der Waals surface area contributed by atoms with Crippen molar-refractivity contribution >= 4 is 23.4 Å². The lowest BCUT2D eigenvalue weighted by molar-refractivity contribution is 0.0563. The number of carbonyl (C=O) groups excluding carboxylic acids is 3. The van der Waals surface area contributed by atoms with E-state index in [1.54, 1.807) is 6.07 Å². The molecule has 0 aliphatic carbocycles. The number of imide groups is 3. The van der Waals surface area contributed by atoms with E-state index in [9.17, 15) is 14.4 Å². The van der Waals surface area contributed by atoms with Gasteiger partial charge in [-0.2, -0.15) is 15.4 Å². The van der Waals surface area contributed by atoms with Crippen LogP contribution in [0.1, 0.15) is 31.2 Å². The molecule has 1 aromatic heterocycles. The van der Waals surface area contributed by atoms with E-state index in [1.807, 2.05) is 0 Å². The number of rotatable bonds is 1. The number of nitrogens with one attached hydrogen (secondary N) is 1. The predicted octanol–water partition coefficient (Wildman–Crippen LogP) is -0.177. The van der Waals surface area contributed by atoms with E-state index < -0.39 is 17.7 Å². The van der Waals surface area contributed by atoms with E-state index in [4.69, 9.17) is 5.73 Å². The Kier molecular flexibility index (Phi) is 2.18. The summed E-state index contributed by atoms with van der Waals surface area (Å²) in [6.45, 7) is 0. The first-order chi connectivity index (χ1) is 9.11. The number of benzene rings is 1. The van der Waals surface area contributed by atoms with Crippen molar-refractivity contribution in [2.75, 3.05) is 5.73 Å². The summed E-state index contributed by atoms with van der Waals surface area (Å²) in [4.78, 5) is 36.7. The summed E-state index contributed by atoms with van der Waals surface area (Å²) < 4.78 is 0. The summed E-state index contributed by atoms with van der Waals surface area (Å²) in [7, 11) is 0. The fourth-order valence-electron chi connectivity index (χ4n) is 1.92. The van der Waals surface area contributed by atoms with Gasteiger partial charge in [0.15, 0.2) is 5.69 Å². The minimum absolute atomic E-state index is 0.0457. The lowest BCUT2D eigenvalue weighted by atomic mass is 10.1. The zero-order valence-corrected chi connectivity index (χ0v) is 9.45. The van der Waals surface area contributed by atoms with Crippen LogP contribution >= 0.6 is 0 Å². The summed E-state index contributed by atoms with van der Waals surface area (Å²) in [5, 5.41) is 9.25. The number of fused-ring (bicyclic) bond motifs is 1. The third kappa shape index (κ3) is 1.43. The van der Waals surface area contributed by atoms with Crippen LogP contribution in [0.25, 0.3) is 0 Å². The van der Waals surface area contributed by atoms with Crippen LogP contribution in [0.5, 0.6) is 0 Å². The van der Waals surface area contributed by atoms with Gasteiger partial charge in [0, 0.05) is 5.69 Å². The van der Waals surface area contributed by atoms with E-state index in [0.29, 0.717) is 4.90 Å². The number of nitrogens with zero attached hydrogens (tertiary/aromatic N) is 3. The summed E-state index contributed by atoms with van der Waals surface area (Å²) >= 11 is 0. The van der Waals surface area contributed by atoms with Gasteiger partial charge in [0.2, 0.25) is 0 Å². The summed E-state index contributed by atoms with van der Waals surface area (Å²) in [5.41, 5.74) is 5.86. The number of anilines is 1. The molecule has 2 aromatic rings. The van der Waals surface area contributed by atoms with Crippen molar-refractivity contribution < 1.29 is 14.4 Å². The SMILES string of the molecule is Nc1cccc2c1C(=O)N(C(=O)c1cn[nH]n1)C2=O. The average Bonchev–Trinajstić information content (AvgIpc) is 2.98. The molecule has 0 fully saturated rings. The highest BCUT2D eigenvalue weighted by Gasteiger charge is 2.42. The van der Waals surface area contributed by atoms with E-state index in [0.717, 1.165) is 6.20 Å². The lowest BCUT2D eigenvalue weighted by Gasteiger charge is -2.09. The number of hydrogen-bond acceptors (Lipinski definition) is 6. The van der Waals surface area contributed by atoms with Crippen molar-refractivity contribution in [2.24, 2.45) is 0 Å². The highest BCUT2D eigenvalue weighted by molar-refractivity contribution is 6.32. The van der Waals surface area contributed by atoms with E-state index in [-0.39, 0.29) is 22.5 Å². The van der Waals surface area contributed by atoms with Crippen molar-refractivity contribution in [3.05, 3.63) is 41.2 Å². The number of hydrogen-bond donors (Lipinski definition) is 2. The van der Waals surface area contributed by atoms with Gasteiger partial charge in [0.25, 0.3) is 17.7 Å². The smallest absolute Gasteiger partial charge is 0.290 e. The maximum Gasteiger partial charge on any atom is 0.290 e. The molecule has 8 heteroatoms. The molecular formula is C11H7N5O3. The molecule has 0 atom stereocenters. The summed E-state index contributed by atoms with van der Waals surface area (Å²) in [6.07, 6.45) is 1.13. The first-order valence-electron chi connectivity index (χ1n) is 5.28. The molecule has 0 saturated heterocycles. The Balaban J connectivity index is 2.09. The molecule has 2 heterocycles. The Morgan fingerprint density at radius 3 is 2.68 bits per heavy atom. The van der Waals surface area contributed by atoms with Gasteiger partial charge >= 0.3 is 0 Å². The molecular weight excluding hydrogens is 250 g/mol. The van der Waals surface area contributed by atoms with Crippen LogP contribution in [0, 0.1) is 0 Å². The number of aromatic nitrogens is 3. The molecule has 1 aliphatic rings. The molecule has 1 aliphatic heterocycles. The van der Waals surface area contributed by atoms with Crippen LogP contribution in [-0.4, -0.2) is 38.0 Å². The second-order valence-corrected chi connectivity index (χ2v) is 3.88. The Hall–Kier alpha value is -3.03. The fraction of sp³-hybridized carbons (Fsp3) is 0. The summed E-state index contributed by atoms with van der Waals surface area (Å²) in [6, 6.07) is 4.49. The lowest BCUT2D eigenvalue weighted by Crippen LogP contribution is -2.36. The maximum atomic E-state index is 12.1. The largest absolute Gasteiger partial charge is 0.398 e. The van der Waals surface area contributed by atoms with Crippen molar-refractivity contribution in [3.8, 4) is 0 Å². The quantitative estimate of drug-likeness (QED) is 0.540. The van der Waals surface area contributed by atoms with Crippen molar-refractivity contribution in [3.63, 3.8) is 0 Å². The predicted molar refractivity (Wildman–Crippen MR) is 62.1 cm³/mol. The van der Waals surface area contributed by atoms with Crippen LogP contribution in [-0.2, 0) is 0 Å². The molecule has 0 spiro atoms. The Morgan fingerprint density at radius 2 is 2.05 bits per heavy atom. The number of nitrogen functional groups attached to an aromatic ring is 1. The molecule has 0 saturated carbocycles. The van der Waals surface area contributed by atoms with E-state index >= 15 is 0 Å². The highest BCUT2D eigenvalue weighted by atomic mass is 16.2. The standard InChI is InChI=1S/C11H7N5O3/c12-6-3-1-2-5-8(6)11(19)16(9(5)17)10(18)7-4-13-15-14-7/h1-4H,12H2,(H,13,14,15). The molecule has 0 unspecified atom stereocenters. The zero-order valence-electron chi connectivity index (χ0n) is 9.45. The molecule has 3 N–H and O–H groups in total. The highest BCUT2D eigenvalue weighted by Crippen LogP contribution is 2.28. The van der Waals surface area contributed by atoms with Gasteiger partial charge in [0.1, 0.15) is 0 Å². The molecule has 0 bridgehead atoms. The van der Waals surface area contributed by atoms with Gasteiger partial charge in [-0.05, 0) is 12.1 Å². The van der Waals surface area contributed by atoms with Crippen LogP contribution in [0.15, 0.2) is 24.4 Å². The minimum atomic E-state index is -0.834. The molecule has 1 aromatic carbocycles. The molecule has 19 heavy (non-hydrogen) atoms. The van der Waals surface area contributed by atoms with Crippen molar-refractivity contribution in [2.45, 2.75) is 0 Å². The van der Waals surface area contributed by atoms with Gasteiger partial charge in [0.05, 0.1) is 17.3 Å². The number of H-pyrrole nitrogens is 1. The first kappa shape index (κ1) is 11.1. The van der Waals surface area contributed by atoms with Crippen LogP contribution in [0.4, 0.5) is 5.69 Å². The molecule has 0 radical (unpaired) electrons. The number of carbonyl (C=O) groups is 3. The van der Waals surface area contributed by atoms with E-state index in [1.165, 1.54) is 12.1 Å². The Morgan fingerprint density at radius 1 is 1.26 bits per heavy atom. The second-order valence-electron chi connectivity index (χ2n) is 3.88. The van der Waals surface area contributed by atoms with Gasteiger partial charge in [-0.15, -0.1) is 0 Å². The molecule has 8 nitrogen and oxygen atoms in total. The summed E-state index contributed by atoms with van der Waals surface area (Å²) in [5.74, 6) is -2.29. The average molecular weight is 257 g/mol. The monoisotopic (exact) mass is 257 g/mol. The number of nitrogens with two attached hydrogens (primary N) is 1. The van der Waals surface area contributed by atoms with Gasteiger partial charge in [-0.3, -0.25) is 14.4 Å². The van der Waals surface area contributed by atoms with E-state index in [2.05, 4.69) is 15.4 Å². The minimum Gasteiger partial charge on any atom is -0.398 e. The van der Waals surface area contributed by atoms with Crippen molar-refractivity contribution in [1.82, 2.24) is 20.3 Å². The molecule has 94 valence electrons.